The van der Waals surface area contributed by atoms with Crippen LogP contribution >= 0.6 is 0 Å². The van der Waals surface area contributed by atoms with Crippen molar-refractivity contribution in [3.05, 3.63) is 46.2 Å². The highest BCUT2D eigenvalue weighted by atomic mass is 16.3. The number of aromatic hydroxyl groups is 1. The fraction of sp³-hybridized carbons (Fsp3) is 0.519. The first kappa shape index (κ1) is 25.0. The number of nitrogens with two attached hydrogens (primary N) is 1. The van der Waals surface area contributed by atoms with Crippen LogP contribution in [0.25, 0.3) is 5.76 Å². The molecule has 4 rings (SSSR count). The average Bonchev–Trinajstić information content (AvgIpc) is 2.80. The van der Waals surface area contributed by atoms with Gasteiger partial charge in [-0.25, -0.2) is 0 Å². The lowest BCUT2D eigenvalue weighted by atomic mass is 9.56. The third-order valence-corrected chi connectivity index (χ3v) is 7.97. The monoisotopic (exact) mass is 483 g/mol. The molecule has 0 bridgehead atoms. The fourth-order valence-corrected chi connectivity index (χ4v) is 6.21. The molecule has 3 aliphatic rings. The Morgan fingerprint density at radius 2 is 1.77 bits per heavy atom. The number of aliphatic hydroxyl groups is 3. The molecule has 0 saturated heterocycles. The molecule has 0 aromatic heterocycles. The third-order valence-electron chi connectivity index (χ3n) is 7.97. The van der Waals surface area contributed by atoms with Crippen LogP contribution in [0, 0.1) is 11.8 Å². The highest BCUT2D eigenvalue weighted by molar-refractivity contribution is 6.22. The number of benzene rings is 1. The summed E-state index contributed by atoms with van der Waals surface area (Å²) in [5, 5.41) is 43.8. The number of aliphatic hydroxyl groups excluding tert-OH is 2. The van der Waals surface area contributed by atoms with Gasteiger partial charge in [-0.1, -0.05) is 57.6 Å². The summed E-state index contributed by atoms with van der Waals surface area (Å²) in [5.41, 5.74) is 2.71. The number of carbonyl (C=O) groups excluding carboxylic acids is 3. The van der Waals surface area contributed by atoms with E-state index in [0.29, 0.717) is 6.42 Å². The predicted octanol–water partition coefficient (Wildman–Crippen LogP) is 3.72. The van der Waals surface area contributed by atoms with E-state index in [0.717, 1.165) is 37.7 Å². The smallest absolute Gasteiger partial charge is 0.255 e. The van der Waals surface area contributed by atoms with Crippen LogP contribution < -0.4 is 5.73 Å². The van der Waals surface area contributed by atoms with Crippen molar-refractivity contribution < 1.29 is 34.8 Å². The molecule has 1 aromatic carbocycles. The summed E-state index contributed by atoms with van der Waals surface area (Å²) in [6.45, 7) is 2.16. The molecule has 1 aromatic rings. The molecule has 2 unspecified atom stereocenters. The number of fused-ring (bicyclic) bond motifs is 3. The lowest BCUT2D eigenvalue weighted by Crippen LogP contribution is -2.58. The van der Waals surface area contributed by atoms with Gasteiger partial charge in [0.05, 0.1) is 5.56 Å². The van der Waals surface area contributed by atoms with Crippen LogP contribution in [0.15, 0.2) is 35.1 Å². The van der Waals surface area contributed by atoms with Gasteiger partial charge in [0.15, 0.2) is 11.4 Å². The van der Waals surface area contributed by atoms with Gasteiger partial charge in [-0.2, -0.15) is 0 Å². The molecule has 4 atom stereocenters. The maximum absolute atomic E-state index is 13.7. The van der Waals surface area contributed by atoms with E-state index in [1.807, 2.05) is 6.07 Å². The summed E-state index contributed by atoms with van der Waals surface area (Å²) < 4.78 is 0. The van der Waals surface area contributed by atoms with Gasteiger partial charge in [-0.15, -0.1) is 0 Å². The van der Waals surface area contributed by atoms with E-state index in [9.17, 15) is 34.8 Å². The molecule has 188 valence electrons. The number of amides is 1. The van der Waals surface area contributed by atoms with Crippen molar-refractivity contribution in [2.24, 2.45) is 17.6 Å². The molecular formula is C27H33NO7. The van der Waals surface area contributed by atoms with Crippen LogP contribution in [0.1, 0.15) is 81.8 Å². The standard InChI is InChI=1S/C27H33NO7/c1-2-3-4-5-6-7-9-15-16-10-8-11-18(29)20(16)23(31)21-17(15)12-14-13-19(30)22(26(28)34)25(33)27(14,35)24(21)32/h8,10-11,14-15,17,29,31,33,35H,2-7,9,12-13H2,1H3,(H2,28,34)/t14-,15?,17?,27-/m0/s1. The molecular weight excluding hydrogens is 450 g/mol. The lowest BCUT2D eigenvalue weighted by Gasteiger charge is -2.48. The number of phenols is 1. The van der Waals surface area contributed by atoms with Gasteiger partial charge < -0.3 is 26.2 Å². The van der Waals surface area contributed by atoms with Crippen LogP contribution in [0.4, 0.5) is 0 Å². The summed E-state index contributed by atoms with van der Waals surface area (Å²) in [4.78, 5) is 38.1. The van der Waals surface area contributed by atoms with Crippen LogP contribution in [-0.4, -0.2) is 43.5 Å². The van der Waals surface area contributed by atoms with Gasteiger partial charge in [0.2, 0.25) is 5.78 Å². The fourth-order valence-electron chi connectivity index (χ4n) is 6.21. The van der Waals surface area contributed by atoms with Gasteiger partial charge in [-0.05, 0) is 36.3 Å². The Morgan fingerprint density at radius 1 is 1.09 bits per heavy atom. The minimum atomic E-state index is -2.54. The zero-order chi connectivity index (χ0) is 25.5. The molecule has 0 radical (unpaired) electrons. The molecule has 1 saturated carbocycles. The molecule has 8 nitrogen and oxygen atoms in total. The summed E-state index contributed by atoms with van der Waals surface area (Å²) in [7, 11) is 0. The van der Waals surface area contributed by atoms with Crippen molar-refractivity contribution in [1.29, 1.82) is 0 Å². The highest BCUT2D eigenvalue weighted by Crippen LogP contribution is 2.56. The maximum atomic E-state index is 13.7. The van der Waals surface area contributed by atoms with E-state index in [4.69, 9.17) is 5.73 Å². The van der Waals surface area contributed by atoms with Crippen LogP contribution in [0.5, 0.6) is 5.75 Å². The van der Waals surface area contributed by atoms with Crippen LogP contribution in [0.2, 0.25) is 0 Å². The Bertz CT molecular complexity index is 1130. The molecule has 0 aliphatic heterocycles. The Morgan fingerprint density at radius 3 is 2.46 bits per heavy atom. The first-order valence-corrected chi connectivity index (χ1v) is 12.4. The first-order chi connectivity index (χ1) is 16.6. The number of primary amides is 1. The molecule has 1 fully saturated rings. The summed E-state index contributed by atoms with van der Waals surface area (Å²) in [6.07, 6.45) is 7.00. The summed E-state index contributed by atoms with van der Waals surface area (Å²) in [6, 6.07) is 4.94. The zero-order valence-corrected chi connectivity index (χ0v) is 19.9. The van der Waals surface area contributed by atoms with Crippen LogP contribution in [-0.2, 0) is 14.4 Å². The maximum Gasteiger partial charge on any atom is 0.255 e. The van der Waals surface area contributed by atoms with Gasteiger partial charge in [0, 0.05) is 17.9 Å². The van der Waals surface area contributed by atoms with Gasteiger partial charge in [0.1, 0.15) is 22.8 Å². The Hall–Kier alpha value is -3.13. The van der Waals surface area contributed by atoms with E-state index in [1.165, 1.54) is 12.5 Å². The van der Waals surface area contributed by atoms with Crippen LogP contribution in [0.3, 0.4) is 0 Å². The average molecular weight is 484 g/mol. The number of hydrogen-bond acceptors (Lipinski definition) is 7. The molecule has 0 heterocycles. The minimum Gasteiger partial charge on any atom is -0.508 e. The van der Waals surface area contributed by atoms with Gasteiger partial charge in [0.25, 0.3) is 5.91 Å². The summed E-state index contributed by atoms with van der Waals surface area (Å²) in [5.74, 6) is -6.25. The minimum absolute atomic E-state index is 0.0848. The SMILES string of the molecule is CCCCCCCCC1c2cccc(O)c2C(O)=C2C(=O)[C@]3(O)C(O)=C(C(N)=O)C(=O)C[C@@H]3CC21. The second-order valence-electron chi connectivity index (χ2n) is 10.0. The first-order valence-electron chi connectivity index (χ1n) is 12.4. The lowest BCUT2D eigenvalue weighted by molar-refractivity contribution is -0.148. The molecule has 6 N–H and O–H groups in total. The van der Waals surface area contributed by atoms with Crippen molar-refractivity contribution in [2.45, 2.75) is 76.2 Å². The normalized spacial score (nSPS) is 28.0. The van der Waals surface area contributed by atoms with Gasteiger partial charge >= 0.3 is 0 Å². The Labute approximate surface area is 204 Å². The van der Waals surface area contributed by atoms with E-state index in [1.54, 1.807) is 6.07 Å². The predicted molar refractivity (Wildman–Crippen MR) is 128 cm³/mol. The Kier molecular flexibility index (Phi) is 6.77. The molecule has 0 spiro atoms. The number of ketones is 2. The number of hydrogen-bond donors (Lipinski definition) is 5. The van der Waals surface area contributed by atoms with Gasteiger partial charge in [-0.3, -0.25) is 14.4 Å². The van der Waals surface area contributed by atoms with Crippen molar-refractivity contribution in [3.63, 3.8) is 0 Å². The van der Waals surface area contributed by atoms with Crippen molar-refractivity contribution in [1.82, 2.24) is 0 Å². The number of Topliss-reactive ketones (excluding diaryl/α,β-unsaturated/α-hetero) is 2. The third kappa shape index (κ3) is 3.93. The highest BCUT2D eigenvalue weighted by Gasteiger charge is 2.61. The topological polar surface area (TPSA) is 158 Å². The van der Waals surface area contributed by atoms with Crippen molar-refractivity contribution in [2.75, 3.05) is 0 Å². The second-order valence-corrected chi connectivity index (χ2v) is 10.0. The molecule has 35 heavy (non-hydrogen) atoms. The largest absolute Gasteiger partial charge is 0.508 e. The molecule has 8 heteroatoms. The zero-order valence-electron chi connectivity index (χ0n) is 19.9. The van der Waals surface area contributed by atoms with Crippen molar-refractivity contribution in [3.8, 4) is 5.75 Å². The number of rotatable bonds is 8. The van der Waals surface area contributed by atoms with Crippen molar-refractivity contribution >= 4 is 23.2 Å². The van der Waals surface area contributed by atoms with E-state index in [2.05, 4.69) is 6.92 Å². The number of phenolic OH excluding ortho intramolecular Hbond substituents is 1. The van der Waals surface area contributed by atoms with E-state index < -0.39 is 52.0 Å². The quantitative estimate of drug-likeness (QED) is 0.278. The van der Waals surface area contributed by atoms with E-state index in [-0.39, 0.29) is 35.6 Å². The van der Waals surface area contributed by atoms with E-state index >= 15 is 0 Å². The number of unbranched alkanes of at least 4 members (excludes halogenated alkanes) is 5. The molecule has 1 amide bonds. The Balaban J connectivity index is 1.76. The second kappa shape index (κ2) is 9.49. The summed E-state index contributed by atoms with van der Waals surface area (Å²) >= 11 is 0. The molecule has 3 aliphatic carbocycles. The number of carbonyl (C=O) groups is 3.